The van der Waals surface area contributed by atoms with Gasteiger partial charge in [0.05, 0.1) is 7.11 Å². The summed E-state index contributed by atoms with van der Waals surface area (Å²) in [4.78, 5) is 8.10. The number of nitrogens with one attached hydrogen (secondary N) is 2. The third-order valence-electron chi connectivity index (χ3n) is 2.80. The van der Waals surface area contributed by atoms with Crippen molar-refractivity contribution < 1.29 is 4.74 Å². The van der Waals surface area contributed by atoms with Crippen LogP contribution in [-0.2, 0) is 0 Å². The van der Waals surface area contributed by atoms with Crippen LogP contribution in [-0.4, -0.2) is 17.1 Å². The Hall–Kier alpha value is -2.34. The van der Waals surface area contributed by atoms with Gasteiger partial charge in [-0.1, -0.05) is 12.1 Å². The van der Waals surface area contributed by atoms with Gasteiger partial charge in [0.15, 0.2) is 0 Å². The number of nitrogens with zero attached hydrogens (tertiary/aromatic N) is 2. The summed E-state index contributed by atoms with van der Waals surface area (Å²) in [5.74, 6) is 7.43. The van der Waals surface area contributed by atoms with Crippen molar-refractivity contribution in [3.05, 3.63) is 42.2 Å². The molecule has 0 radical (unpaired) electrons. The summed E-state index contributed by atoms with van der Waals surface area (Å²) in [6.07, 6.45) is 1.46. The molecule has 2 aromatic rings. The summed E-state index contributed by atoms with van der Waals surface area (Å²) in [5, 5.41) is 3.28. The van der Waals surface area contributed by atoms with Crippen LogP contribution in [0.1, 0.15) is 18.5 Å². The molecule has 1 aromatic heterocycles. The monoisotopic (exact) mass is 259 g/mol. The largest absolute Gasteiger partial charge is 0.497 e. The highest BCUT2D eigenvalue weighted by Crippen LogP contribution is 2.21. The summed E-state index contributed by atoms with van der Waals surface area (Å²) >= 11 is 0. The number of anilines is 2. The van der Waals surface area contributed by atoms with E-state index in [-0.39, 0.29) is 6.04 Å². The molecule has 1 aromatic carbocycles. The molecule has 0 amide bonds. The molecule has 0 aliphatic heterocycles. The maximum atomic E-state index is 5.31. The molecule has 0 aliphatic carbocycles. The standard InChI is InChI=1S/C13H17N5O/c1-9(10-3-5-11(19-2)6-4-10)17-12-7-13(18-14)16-8-15-12/h3-9H,14H2,1-2H3,(H2,15,16,17,18). The highest BCUT2D eigenvalue weighted by atomic mass is 16.5. The smallest absolute Gasteiger partial charge is 0.145 e. The molecule has 0 bridgehead atoms. The number of benzene rings is 1. The minimum Gasteiger partial charge on any atom is -0.497 e. The molecule has 6 heteroatoms. The van der Waals surface area contributed by atoms with E-state index in [0.717, 1.165) is 11.3 Å². The van der Waals surface area contributed by atoms with Gasteiger partial charge in [0.25, 0.3) is 0 Å². The lowest BCUT2D eigenvalue weighted by molar-refractivity contribution is 0.414. The molecule has 0 saturated carbocycles. The number of hydrazine groups is 1. The van der Waals surface area contributed by atoms with Gasteiger partial charge in [-0.15, -0.1) is 0 Å². The van der Waals surface area contributed by atoms with Crippen molar-refractivity contribution in [2.45, 2.75) is 13.0 Å². The lowest BCUT2D eigenvalue weighted by Crippen LogP contribution is -2.11. The molecule has 1 atom stereocenters. The van der Waals surface area contributed by atoms with Crippen LogP contribution in [0.2, 0.25) is 0 Å². The first-order chi connectivity index (χ1) is 9.22. The number of aromatic nitrogens is 2. The normalized spacial score (nSPS) is 11.7. The van der Waals surface area contributed by atoms with Gasteiger partial charge in [0, 0.05) is 12.1 Å². The Morgan fingerprint density at radius 3 is 2.47 bits per heavy atom. The molecule has 1 unspecified atom stereocenters. The third kappa shape index (κ3) is 3.32. The third-order valence-corrected chi connectivity index (χ3v) is 2.80. The van der Waals surface area contributed by atoms with E-state index >= 15 is 0 Å². The summed E-state index contributed by atoms with van der Waals surface area (Å²) in [6.45, 7) is 2.06. The zero-order chi connectivity index (χ0) is 13.7. The average Bonchev–Trinajstić information content (AvgIpc) is 2.47. The lowest BCUT2D eigenvalue weighted by atomic mass is 10.1. The van der Waals surface area contributed by atoms with Crippen LogP contribution in [0, 0.1) is 0 Å². The van der Waals surface area contributed by atoms with Crippen molar-refractivity contribution >= 4 is 11.6 Å². The van der Waals surface area contributed by atoms with Crippen LogP contribution in [0.5, 0.6) is 5.75 Å². The lowest BCUT2D eigenvalue weighted by Gasteiger charge is -2.15. The van der Waals surface area contributed by atoms with Crippen LogP contribution < -0.4 is 21.3 Å². The molecule has 0 spiro atoms. The molecular formula is C13H17N5O. The SMILES string of the molecule is COc1ccc(C(C)Nc2cc(NN)ncn2)cc1. The van der Waals surface area contributed by atoms with Crippen molar-refractivity contribution in [2.24, 2.45) is 5.84 Å². The molecule has 6 nitrogen and oxygen atoms in total. The predicted molar refractivity (Wildman–Crippen MR) is 74.9 cm³/mol. The van der Waals surface area contributed by atoms with E-state index in [1.165, 1.54) is 6.33 Å². The van der Waals surface area contributed by atoms with Crippen LogP contribution in [0.4, 0.5) is 11.6 Å². The fourth-order valence-corrected chi connectivity index (χ4v) is 1.71. The minimum absolute atomic E-state index is 0.117. The van der Waals surface area contributed by atoms with Crippen molar-refractivity contribution in [3.8, 4) is 5.75 Å². The van der Waals surface area contributed by atoms with Gasteiger partial charge in [-0.3, -0.25) is 0 Å². The first kappa shape index (κ1) is 13.1. The highest BCUT2D eigenvalue weighted by molar-refractivity contribution is 5.47. The number of hydrogen-bond acceptors (Lipinski definition) is 6. The van der Waals surface area contributed by atoms with Crippen molar-refractivity contribution in [2.75, 3.05) is 17.9 Å². The number of rotatable bonds is 5. The van der Waals surface area contributed by atoms with E-state index < -0.39 is 0 Å². The van der Waals surface area contributed by atoms with Crippen molar-refractivity contribution in [1.82, 2.24) is 9.97 Å². The second-order valence-electron chi connectivity index (χ2n) is 4.07. The zero-order valence-electron chi connectivity index (χ0n) is 10.9. The second-order valence-corrected chi connectivity index (χ2v) is 4.07. The van der Waals surface area contributed by atoms with Gasteiger partial charge < -0.3 is 15.5 Å². The van der Waals surface area contributed by atoms with Crippen LogP contribution >= 0.6 is 0 Å². The van der Waals surface area contributed by atoms with Gasteiger partial charge in [0.2, 0.25) is 0 Å². The molecule has 2 rings (SSSR count). The zero-order valence-corrected chi connectivity index (χ0v) is 10.9. The molecule has 4 N–H and O–H groups in total. The molecule has 1 heterocycles. The summed E-state index contributed by atoms with van der Waals surface area (Å²) in [5.41, 5.74) is 3.63. The van der Waals surface area contributed by atoms with E-state index in [4.69, 9.17) is 10.6 Å². The van der Waals surface area contributed by atoms with E-state index in [0.29, 0.717) is 11.6 Å². The maximum absolute atomic E-state index is 5.31. The Morgan fingerprint density at radius 2 is 1.84 bits per heavy atom. The summed E-state index contributed by atoms with van der Waals surface area (Å²) in [7, 11) is 1.65. The number of nitrogens with two attached hydrogens (primary N) is 1. The van der Waals surface area contributed by atoms with E-state index in [1.807, 2.05) is 24.3 Å². The van der Waals surface area contributed by atoms with Gasteiger partial charge >= 0.3 is 0 Å². The fourth-order valence-electron chi connectivity index (χ4n) is 1.71. The second kappa shape index (κ2) is 6.01. The Bertz CT molecular complexity index is 529. The van der Waals surface area contributed by atoms with Gasteiger partial charge in [-0.25, -0.2) is 15.8 Å². The van der Waals surface area contributed by atoms with Gasteiger partial charge in [-0.2, -0.15) is 0 Å². The Labute approximate surface area is 112 Å². The van der Waals surface area contributed by atoms with Crippen LogP contribution in [0.25, 0.3) is 0 Å². The molecule has 0 aliphatic rings. The van der Waals surface area contributed by atoms with Gasteiger partial charge in [-0.05, 0) is 24.6 Å². The number of ether oxygens (including phenoxy) is 1. The van der Waals surface area contributed by atoms with E-state index in [1.54, 1.807) is 13.2 Å². The first-order valence-electron chi connectivity index (χ1n) is 5.92. The molecule has 0 fully saturated rings. The maximum Gasteiger partial charge on any atom is 0.145 e. The molecule has 100 valence electrons. The molecule has 19 heavy (non-hydrogen) atoms. The average molecular weight is 259 g/mol. The van der Waals surface area contributed by atoms with Crippen molar-refractivity contribution in [3.63, 3.8) is 0 Å². The topological polar surface area (TPSA) is 85.1 Å². The molecule has 0 saturated heterocycles. The number of hydrogen-bond donors (Lipinski definition) is 3. The summed E-state index contributed by atoms with van der Waals surface area (Å²) < 4.78 is 5.13. The van der Waals surface area contributed by atoms with E-state index in [2.05, 4.69) is 27.6 Å². The van der Waals surface area contributed by atoms with Crippen LogP contribution in [0.15, 0.2) is 36.7 Å². The van der Waals surface area contributed by atoms with Crippen LogP contribution in [0.3, 0.4) is 0 Å². The first-order valence-corrected chi connectivity index (χ1v) is 5.92. The van der Waals surface area contributed by atoms with E-state index in [9.17, 15) is 0 Å². The quantitative estimate of drug-likeness (QED) is 0.562. The highest BCUT2D eigenvalue weighted by Gasteiger charge is 2.06. The molecular weight excluding hydrogens is 242 g/mol. The summed E-state index contributed by atoms with van der Waals surface area (Å²) in [6, 6.07) is 9.76. The minimum atomic E-state index is 0.117. The number of methoxy groups -OCH3 is 1. The Balaban J connectivity index is 2.08. The predicted octanol–water partition coefficient (Wildman–Crippen LogP) is 1.94. The fraction of sp³-hybridized carbons (Fsp3) is 0.231. The Morgan fingerprint density at radius 1 is 1.16 bits per heavy atom. The van der Waals surface area contributed by atoms with Crippen molar-refractivity contribution in [1.29, 1.82) is 0 Å². The van der Waals surface area contributed by atoms with Gasteiger partial charge in [0.1, 0.15) is 23.7 Å². The Kier molecular flexibility index (Phi) is 4.15. The number of nitrogen functional groups attached to an aromatic ring is 1.